The molecule has 1 fully saturated rings. The van der Waals surface area contributed by atoms with Crippen molar-refractivity contribution in [2.75, 3.05) is 20.1 Å². The van der Waals surface area contributed by atoms with Gasteiger partial charge in [0.2, 0.25) is 0 Å². The van der Waals surface area contributed by atoms with Crippen molar-refractivity contribution in [3.63, 3.8) is 0 Å². The van der Waals surface area contributed by atoms with Crippen LogP contribution in [0, 0.1) is 12.8 Å². The first-order valence-corrected chi connectivity index (χ1v) is 10.1. The number of H-pyrrole nitrogens is 1. The van der Waals surface area contributed by atoms with Crippen LogP contribution in [0.4, 0.5) is 0 Å². The van der Waals surface area contributed by atoms with Gasteiger partial charge in [0.05, 0.1) is 16.1 Å². The Kier molecular flexibility index (Phi) is 5.17. The summed E-state index contributed by atoms with van der Waals surface area (Å²) in [4.78, 5) is 16.8. The van der Waals surface area contributed by atoms with E-state index >= 15 is 0 Å². The number of aromatic nitrogens is 1. The highest BCUT2D eigenvalue weighted by Crippen LogP contribution is 2.38. The molecule has 2 heterocycles. The minimum absolute atomic E-state index is 0.340. The van der Waals surface area contributed by atoms with Crippen molar-refractivity contribution in [1.29, 1.82) is 0 Å². The molecule has 28 heavy (non-hydrogen) atoms. The molecular formula is C23H25ClN2O2. The standard InChI is InChI=1S/C23H25ClN2O2/c1-14-11-21(24)22-18(7-9-25-22)19(14)12-17-8-10-26(2)13-20(17)15-3-5-16(6-4-15)23(27)28/h3-7,9,11,17,20,25H,8,10,12-13H2,1-2H3,(H,27,28). The lowest BCUT2D eigenvalue weighted by Crippen LogP contribution is -2.37. The smallest absolute Gasteiger partial charge is 0.335 e. The number of hydrogen-bond acceptors (Lipinski definition) is 2. The molecule has 4 rings (SSSR count). The third-order valence-electron chi connectivity index (χ3n) is 6.14. The zero-order chi connectivity index (χ0) is 19.8. The largest absolute Gasteiger partial charge is 0.478 e. The minimum Gasteiger partial charge on any atom is -0.478 e. The van der Waals surface area contributed by atoms with Crippen molar-refractivity contribution in [3.05, 3.63) is 69.9 Å². The molecule has 1 aliphatic rings. The van der Waals surface area contributed by atoms with E-state index in [0.717, 1.165) is 36.5 Å². The van der Waals surface area contributed by atoms with Crippen LogP contribution in [0.25, 0.3) is 10.9 Å². The topological polar surface area (TPSA) is 56.3 Å². The van der Waals surface area contributed by atoms with E-state index in [0.29, 0.717) is 17.4 Å². The SMILES string of the molecule is Cc1cc(Cl)c2[nH]ccc2c1CC1CCN(C)CC1c1ccc(C(=O)O)cc1. The normalized spacial score (nSPS) is 20.5. The van der Waals surface area contributed by atoms with Gasteiger partial charge in [-0.05, 0) is 86.1 Å². The fraction of sp³-hybridized carbons (Fsp3) is 0.348. The maximum atomic E-state index is 11.2. The average Bonchev–Trinajstić information content (AvgIpc) is 3.16. The van der Waals surface area contributed by atoms with Crippen molar-refractivity contribution in [2.45, 2.75) is 25.7 Å². The van der Waals surface area contributed by atoms with Gasteiger partial charge in [0.25, 0.3) is 0 Å². The summed E-state index contributed by atoms with van der Waals surface area (Å²) >= 11 is 6.42. The molecule has 0 spiro atoms. The molecule has 0 saturated carbocycles. The van der Waals surface area contributed by atoms with E-state index in [-0.39, 0.29) is 0 Å². The molecule has 2 N–H and O–H groups in total. The average molecular weight is 397 g/mol. The number of nitrogens with zero attached hydrogens (tertiary/aromatic N) is 1. The number of aromatic amines is 1. The zero-order valence-corrected chi connectivity index (χ0v) is 17.0. The monoisotopic (exact) mass is 396 g/mol. The second kappa shape index (κ2) is 7.61. The Bertz CT molecular complexity index is 1010. The number of aryl methyl sites for hydroxylation is 1. The predicted octanol–water partition coefficient (Wildman–Crippen LogP) is 5.11. The minimum atomic E-state index is -0.879. The summed E-state index contributed by atoms with van der Waals surface area (Å²) in [7, 11) is 2.16. The lowest BCUT2D eigenvalue weighted by atomic mass is 9.76. The molecule has 5 heteroatoms. The zero-order valence-electron chi connectivity index (χ0n) is 16.2. The number of likely N-dealkylation sites (tertiary alicyclic amines) is 1. The Balaban J connectivity index is 1.67. The molecule has 0 aliphatic carbocycles. The number of likely N-dealkylation sites (N-methyl/N-ethyl adjacent to an activating group) is 1. The fourth-order valence-electron chi connectivity index (χ4n) is 4.57. The summed E-state index contributed by atoms with van der Waals surface area (Å²) in [5.41, 5.74) is 5.17. The van der Waals surface area contributed by atoms with Gasteiger partial charge < -0.3 is 15.0 Å². The van der Waals surface area contributed by atoms with Crippen molar-refractivity contribution in [2.24, 2.45) is 5.92 Å². The number of halogens is 1. The Morgan fingerprint density at radius 3 is 2.75 bits per heavy atom. The summed E-state index contributed by atoms with van der Waals surface area (Å²) < 4.78 is 0. The molecule has 0 radical (unpaired) electrons. The van der Waals surface area contributed by atoms with Gasteiger partial charge in [-0.1, -0.05) is 23.7 Å². The molecule has 3 aromatic rings. The van der Waals surface area contributed by atoms with E-state index in [9.17, 15) is 9.90 Å². The number of carboxylic acid groups (broad SMARTS) is 1. The highest BCUT2D eigenvalue weighted by molar-refractivity contribution is 6.35. The maximum Gasteiger partial charge on any atom is 0.335 e. The van der Waals surface area contributed by atoms with Crippen LogP contribution in [0.1, 0.15) is 39.4 Å². The van der Waals surface area contributed by atoms with Crippen molar-refractivity contribution >= 4 is 28.5 Å². The van der Waals surface area contributed by atoms with Crippen LogP contribution in [0.3, 0.4) is 0 Å². The van der Waals surface area contributed by atoms with Gasteiger partial charge in [-0.3, -0.25) is 0 Å². The van der Waals surface area contributed by atoms with Gasteiger partial charge in [0.15, 0.2) is 0 Å². The number of fused-ring (bicyclic) bond motifs is 1. The molecule has 2 unspecified atom stereocenters. The Morgan fingerprint density at radius 1 is 1.29 bits per heavy atom. The van der Waals surface area contributed by atoms with E-state index in [4.69, 9.17) is 11.6 Å². The molecule has 4 nitrogen and oxygen atoms in total. The molecule has 1 aromatic heterocycles. The first-order valence-electron chi connectivity index (χ1n) is 9.71. The quantitative estimate of drug-likeness (QED) is 0.644. The van der Waals surface area contributed by atoms with Crippen LogP contribution >= 0.6 is 11.6 Å². The van der Waals surface area contributed by atoms with E-state index in [1.165, 1.54) is 22.1 Å². The number of rotatable bonds is 4. The Hall–Kier alpha value is -2.30. The molecule has 0 amide bonds. The lowest BCUT2D eigenvalue weighted by Gasteiger charge is -2.37. The van der Waals surface area contributed by atoms with Crippen molar-refractivity contribution in [1.82, 2.24) is 9.88 Å². The van der Waals surface area contributed by atoms with E-state index in [1.54, 1.807) is 12.1 Å². The van der Waals surface area contributed by atoms with Crippen LogP contribution in [-0.2, 0) is 6.42 Å². The maximum absolute atomic E-state index is 11.2. The molecular weight excluding hydrogens is 372 g/mol. The highest BCUT2D eigenvalue weighted by Gasteiger charge is 2.30. The number of carbonyl (C=O) groups is 1. The summed E-state index contributed by atoms with van der Waals surface area (Å²) in [6.07, 6.45) is 4.07. The summed E-state index contributed by atoms with van der Waals surface area (Å²) in [5, 5.41) is 11.2. The first kappa shape index (κ1) is 19.0. The third-order valence-corrected chi connectivity index (χ3v) is 6.44. The number of nitrogens with one attached hydrogen (secondary N) is 1. The van der Waals surface area contributed by atoms with Crippen LogP contribution in [0.5, 0.6) is 0 Å². The molecule has 0 bridgehead atoms. The van der Waals surface area contributed by atoms with Crippen molar-refractivity contribution < 1.29 is 9.90 Å². The number of aromatic carboxylic acids is 1. The van der Waals surface area contributed by atoms with E-state index < -0.39 is 5.97 Å². The molecule has 1 aliphatic heterocycles. The molecule has 2 atom stereocenters. The van der Waals surface area contributed by atoms with E-state index in [1.807, 2.05) is 18.3 Å². The molecule has 1 saturated heterocycles. The van der Waals surface area contributed by atoms with Crippen molar-refractivity contribution in [3.8, 4) is 0 Å². The van der Waals surface area contributed by atoms with Gasteiger partial charge in [0.1, 0.15) is 0 Å². The summed E-state index contributed by atoms with van der Waals surface area (Å²) in [6, 6.07) is 11.6. The van der Waals surface area contributed by atoms with Crippen LogP contribution in [0.2, 0.25) is 5.02 Å². The summed E-state index contributed by atoms with van der Waals surface area (Å²) in [5.74, 6) is 0.00557. The first-order chi connectivity index (χ1) is 13.4. The van der Waals surface area contributed by atoms with Gasteiger partial charge in [-0.2, -0.15) is 0 Å². The Morgan fingerprint density at radius 2 is 2.04 bits per heavy atom. The number of carboxylic acids is 1. The summed E-state index contributed by atoms with van der Waals surface area (Å²) in [6.45, 7) is 4.20. The van der Waals surface area contributed by atoms with Crippen LogP contribution < -0.4 is 0 Å². The lowest BCUT2D eigenvalue weighted by molar-refractivity contribution is 0.0697. The highest BCUT2D eigenvalue weighted by atomic mass is 35.5. The van der Waals surface area contributed by atoms with Gasteiger partial charge >= 0.3 is 5.97 Å². The van der Waals surface area contributed by atoms with E-state index in [2.05, 4.69) is 36.0 Å². The fourth-order valence-corrected chi connectivity index (χ4v) is 4.89. The Labute approximate surface area is 170 Å². The molecule has 2 aromatic carbocycles. The van der Waals surface area contributed by atoms with Gasteiger partial charge in [-0.15, -0.1) is 0 Å². The second-order valence-electron chi connectivity index (χ2n) is 7.97. The number of piperidine rings is 1. The van der Waals surface area contributed by atoms with Gasteiger partial charge in [0, 0.05) is 18.1 Å². The number of hydrogen-bond donors (Lipinski definition) is 2. The second-order valence-corrected chi connectivity index (χ2v) is 8.38. The predicted molar refractivity (Wildman–Crippen MR) is 113 cm³/mol. The van der Waals surface area contributed by atoms with Gasteiger partial charge in [-0.25, -0.2) is 4.79 Å². The molecule has 146 valence electrons. The van der Waals surface area contributed by atoms with Crippen LogP contribution in [-0.4, -0.2) is 41.1 Å². The number of benzene rings is 2. The van der Waals surface area contributed by atoms with Crippen LogP contribution in [0.15, 0.2) is 42.6 Å². The third kappa shape index (κ3) is 3.54.